The SMILES string of the molecule is CCN(CC)CCOc1ccccc1NC(=O)c1cccc(S(=O)(=O)NC(C)C)c1. The van der Waals surface area contributed by atoms with Gasteiger partial charge in [0.05, 0.1) is 10.6 Å². The van der Waals surface area contributed by atoms with Crippen LogP contribution in [-0.4, -0.2) is 51.5 Å². The number of likely N-dealkylation sites (N-methyl/N-ethyl adjacent to an activating group) is 1. The molecule has 30 heavy (non-hydrogen) atoms. The Labute approximate surface area is 179 Å². The number of hydrogen-bond acceptors (Lipinski definition) is 5. The second kappa shape index (κ2) is 11.1. The number of rotatable bonds is 11. The van der Waals surface area contributed by atoms with Crippen LogP contribution in [0, 0.1) is 0 Å². The Balaban J connectivity index is 2.12. The predicted octanol–water partition coefficient (Wildman–Crippen LogP) is 3.35. The summed E-state index contributed by atoms with van der Waals surface area (Å²) < 4.78 is 33.2. The molecule has 0 unspecified atom stereocenters. The Bertz CT molecular complexity index is 941. The molecule has 2 aromatic carbocycles. The zero-order valence-electron chi connectivity index (χ0n) is 18.0. The highest BCUT2D eigenvalue weighted by Crippen LogP contribution is 2.24. The Morgan fingerprint density at radius 1 is 1.07 bits per heavy atom. The van der Waals surface area contributed by atoms with Gasteiger partial charge in [-0.05, 0) is 57.3 Å². The van der Waals surface area contributed by atoms with Gasteiger partial charge >= 0.3 is 0 Å². The first-order valence-corrected chi connectivity index (χ1v) is 11.6. The van der Waals surface area contributed by atoms with E-state index in [4.69, 9.17) is 4.74 Å². The van der Waals surface area contributed by atoms with Crippen LogP contribution in [0.15, 0.2) is 53.4 Å². The molecular formula is C22H31N3O4S. The van der Waals surface area contributed by atoms with Crippen LogP contribution in [-0.2, 0) is 10.0 Å². The number of carbonyl (C=O) groups excluding carboxylic acids is 1. The Hall–Kier alpha value is -2.42. The minimum Gasteiger partial charge on any atom is -0.490 e. The van der Waals surface area contributed by atoms with Crippen LogP contribution in [0.5, 0.6) is 5.75 Å². The number of carbonyl (C=O) groups is 1. The quantitative estimate of drug-likeness (QED) is 0.567. The smallest absolute Gasteiger partial charge is 0.255 e. The van der Waals surface area contributed by atoms with Crippen LogP contribution in [0.2, 0.25) is 0 Å². The van der Waals surface area contributed by atoms with Crippen molar-refractivity contribution in [1.82, 2.24) is 9.62 Å². The number of anilines is 1. The zero-order chi connectivity index (χ0) is 22.1. The molecule has 0 bridgehead atoms. The van der Waals surface area contributed by atoms with E-state index < -0.39 is 15.9 Å². The third-order valence-corrected chi connectivity index (χ3v) is 6.15. The third-order valence-electron chi connectivity index (χ3n) is 4.49. The van der Waals surface area contributed by atoms with Crippen LogP contribution in [0.1, 0.15) is 38.1 Å². The summed E-state index contributed by atoms with van der Waals surface area (Å²) >= 11 is 0. The lowest BCUT2D eigenvalue weighted by atomic mass is 10.2. The summed E-state index contributed by atoms with van der Waals surface area (Å²) in [6.07, 6.45) is 0. The summed E-state index contributed by atoms with van der Waals surface area (Å²) in [5.74, 6) is 0.166. The zero-order valence-corrected chi connectivity index (χ0v) is 18.8. The van der Waals surface area contributed by atoms with E-state index in [9.17, 15) is 13.2 Å². The van der Waals surface area contributed by atoms with Gasteiger partial charge in [-0.15, -0.1) is 0 Å². The molecule has 0 aliphatic heterocycles. The van der Waals surface area contributed by atoms with Gasteiger partial charge in [0.15, 0.2) is 0 Å². The van der Waals surface area contributed by atoms with Gasteiger partial charge in [-0.3, -0.25) is 4.79 Å². The van der Waals surface area contributed by atoms with E-state index in [-0.39, 0.29) is 16.5 Å². The molecule has 7 nitrogen and oxygen atoms in total. The number of sulfonamides is 1. The fourth-order valence-corrected chi connectivity index (χ4v) is 4.19. The van der Waals surface area contributed by atoms with Gasteiger partial charge in [-0.25, -0.2) is 13.1 Å². The predicted molar refractivity (Wildman–Crippen MR) is 120 cm³/mol. The first-order chi connectivity index (χ1) is 14.3. The minimum absolute atomic E-state index is 0.0487. The molecule has 0 atom stereocenters. The van der Waals surface area contributed by atoms with Crippen molar-refractivity contribution in [3.8, 4) is 5.75 Å². The van der Waals surface area contributed by atoms with E-state index >= 15 is 0 Å². The van der Waals surface area contributed by atoms with Crippen molar-refractivity contribution in [1.29, 1.82) is 0 Å². The van der Waals surface area contributed by atoms with E-state index in [0.717, 1.165) is 19.6 Å². The molecule has 0 spiro atoms. The second-order valence-corrected chi connectivity index (χ2v) is 8.84. The number of para-hydroxylation sites is 2. The van der Waals surface area contributed by atoms with E-state index in [1.807, 2.05) is 6.07 Å². The molecule has 0 aromatic heterocycles. The first kappa shape index (κ1) is 23.9. The molecule has 164 valence electrons. The van der Waals surface area contributed by atoms with Gasteiger partial charge in [0.25, 0.3) is 5.91 Å². The monoisotopic (exact) mass is 433 g/mol. The number of amides is 1. The van der Waals surface area contributed by atoms with Crippen molar-refractivity contribution >= 4 is 21.6 Å². The van der Waals surface area contributed by atoms with Gasteiger partial charge in [-0.2, -0.15) is 0 Å². The molecule has 0 aliphatic carbocycles. The largest absolute Gasteiger partial charge is 0.490 e. The Morgan fingerprint density at radius 3 is 2.43 bits per heavy atom. The number of nitrogens with one attached hydrogen (secondary N) is 2. The summed E-state index contributed by atoms with van der Waals surface area (Å²) in [4.78, 5) is 15.0. The minimum atomic E-state index is -3.68. The number of benzene rings is 2. The van der Waals surface area contributed by atoms with Gasteiger partial charge in [0.2, 0.25) is 10.0 Å². The van der Waals surface area contributed by atoms with Gasteiger partial charge < -0.3 is 15.0 Å². The highest BCUT2D eigenvalue weighted by Gasteiger charge is 2.18. The molecule has 0 saturated carbocycles. The highest BCUT2D eigenvalue weighted by molar-refractivity contribution is 7.89. The molecule has 1 amide bonds. The lowest BCUT2D eigenvalue weighted by molar-refractivity contribution is 0.102. The molecule has 0 aliphatic rings. The molecule has 0 heterocycles. The molecule has 0 radical (unpaired) electrons. The maximum atomic E-state index is 12.8. The third kappa shape index (κ3) is 6.83. The van der Waals surface area contributed by atoms with Crippen molar-refractivity contribution in [3.05, 3.63) is 54.1 Å². The molecule has 0 saturated heterocycles. The first-order valence-electron chi connectivity index (χ1n) is 10.1. The van der Waals surface area contributed by atoms with Crippen LogP contribution >= 0.6 is 0 Å². The number of nitrogens with zero attached hydrogens (tertiary/aromatic N) is 1. The van der Waals surface area contributed by atoms with E-state index in [1.54, 1.807) is 44.2 Å². The van der Waals surface area contributed by atoms with Crippen molar-refractivity contribution < 1.29 is 17.9 Å². The average Bonchev–Trinajstić information content (AvgIpc) is 2.71. The normalized spacial score (nSPS) is 11.7. The molecule has 8 heteroatoms. The van der Waals surface area contributed by atoms with Crippen LogP contribution < -0.4 is 14.8 Å². The van der Waals surface area contributed by atoms with Gasteiger partial charge in [0.1, 0.15) is 12.4 Å². The summed E-state index contributed by atoms with van der Waals surface area (Å²) in [6, 6.07) is 12.9. The lowest BCUT2D eigenvalue weighted by Crippen LogP contribution is -2.30. The molecular weight excluding hydrogens is 402 g/mol. The molecule has 2 aromatic rings. The summed E-state index contributed by atoms with van der Waals surface area (Å²) in [7, 11) is -3.68. The number of hydrogen-bond donors (Lipinski definition) is 2. The maximum Gasteiger partial charge on any atom is 0.255 e. The lowest BCUT2D eigenvalue weighted by Gasteiger charge is -2.19. The van der Waals surface area contributed by atoms with E-state index in [1.165, 1.54) is 12.1 Å². The van der Waals surface area contributed by atoms with Crippen LogP contribution in [0.4, 0.5) is 5.69 Å². The van der Waals surface area contributed by atoms with Crippen molar-refractivity contribution in [2.45, 2.75) is 38.6 Å². The Morgan fingerprint density at radius 2 is 1.77 bits per heavy atom. The fraction of sp³-hybridized carbons (Fsp3) is 0.409. The topological polar surface area (TPSA) is 87.7 Å². The van der Waals surface area contributed by atoms with Crippen molar-refractivity contribution in [2.24, 2.45) is 0 Å². The average molecular weight is 434 g/mol. The van der Waals surface area contributed by atoms with E-state index in [0.29, 0.717) is 18.0 Å². The standard InChI is InChI=1S/C22H31N3O4S/c1-5-25(6-2)14-15-29-21-13-8-7-12-20(21)23-22(26)18-10-9-11-19(16-18)30(27,28)24-17(3)4/h7-13,16-17,24H,5-6,14-15H2,1-4H3,(H,23,26). The van der Waals surface area contributed by atoms with Crippen LogP contribution in [0.3, 0.4) is 0 Å². The maximum absolute atomic E-state index is 12.8. The van der Waals surface area contributed by atoms with Crippen LogP contribution in [0.25, 0.3) is 0 Å². The second-order valence-electron chi connectivity index (χ2n) is 7.13. The van der Waals surface area contributed by atoms with Crippen molar-refractivity contribution in [3.63, 3.8) is 0 Å². The Kier molecular flexibility index (Phi) is 8.83. The summed E-state index contributed by atoms with van der Waals surface area (Å²) in [5, 5.41) is 2.82. The van der Waals surface area contributed by atoms with Gasteiger partial charge in [0, 0.05) is 18.2 Å². The number of ether oxygens (including phenoxy) is 1. The highest BCUT2D eigenvalue weighted by atomic mass is 32.2. The van der Waals surface area contributed by atoms with Crippen molar-refractivity contribution in [2.75, 3.05) is 31.6 Å². The molecule has 0 fully saturated rings. The molecule has 2 rings (SSSR count). The fourth-order valence-electron chi connectivity index (χ4n) is 2.90. The molecule has 2 N–H and O–H groups in total. The van der Waals surface area contributed by atoms with E-state index in [2.05, 4.69) is 28.8 Å². The summed E-state index contributed by atoms with van der Waals surface area (Å²) in [5.41, 5.74) is 0.787. The summed E-state index contributed by atoms with van der Waals surface area (Å²) in [6.45, 7) is 10.9. The van der Waals surface area contributed by atoms with Gasteiger partial charge in [-0.1, -0.05) is 32.0 Å².